The summed E-state index contributed by atoms with van der Waals surface area (Å²) in [7, 11) is 1.64. The number of aromatic nitrogens is 1. The molecule has 4 aromatic rings. The molecule has 2 aliphatic rings. The molecule has 1 N–H and O–H groups in total. The molecule has 6 rings (SSSR count). The number of benzene rings is 3. The van der Waals surface area contributed by atoms with E-state index in [1.165, 1.54) is 19.3 Å². The third-order valence-electron chi connectivity index (χ3n) is 9.01. The molecular weight excluding hydrogens is 590 g/mol. The average Bonchev–Trinajstić information content (AvgIpc) is 3.34. The Labute approximate surface area is 256 Å². The maximum Gasteiger partial charge on any atom is 0.272 e. The zero-order valence-electron chi connectivity index (χ0n) is 24.4. The first-order chi connectivity index (χ1) is 20.4. The fourth-order valence-electron chi connectivity index (χ4n) is 6.78. The van der Waals surface area contributed by atoms with Gasteiger partial charge in [-0.3, -0.25) is 9.59 Å². The number of rotatable bonds is 6. The Morgan fingerprint density at radius 3 is 2.45 bits per heavy atom. The van der Waals surface area contributed by atoms with Crippen molar-refractivity contribution in [1.82, 2.24) is 14.8 Å². The van der Waals surface area contributed by atoms with Crippen LogP contribution in [0.15, 0.2) is 77.3 Å². The lowest BCUT2D eigenvalue weighted by atomic mass is 9.83. The van der Waals surface area contributed by atoms with E-state index in [4.69, 9.17) is 4.74 Å². The molecule has 2 heterocycles. The van der Waals surface area contributed by atoms with Crippen molar-refractivity contribution in [2.24, 2.45) is 0 Å². The van der Waals surface area contributed by atoms with E-state index < -0.39 is 5.54 Å². The van der Waals surface area contributed by atoms with Gasteiger partial charge in [0, 0.05) is 27.0 Å². The SMILES string of the molecule is COc1ccc(Br)cc1CN1C(=O)c2cc3ccc(C)cc3n2C[C@]1(C(=O)NC1CCCCCCC1)c1ccccc1. The zero-order valence-corrected chi connectivity index (χ0v) is 26.0. The fraction of sp³-hybridized carbons (Fsp3) is 0.371. The Morgan fingerprint density at radius 1 is 0.976 bits per heavy atom. The molecule has 0 unspecified atom stereocenters. The van der Waals surface area contributed by atoms with Crippen molar-refractivity contribution < 1.29 is 14.3 Å². The maximum absolute atomic E-state index is 14.9. The van der Waals surface area contributed by atoms with E-state index >= 15 is 0 Å². The van der Waals surface area contributed by atoms with Crippen molar-refractivity contribution in [3.63, 3.8) is 0 Å². The number of halogens is 1. The summed E-state index contributed by atoms with van der Waals surface area (Å²) in [6.07, 6.45) is 7.78. The van der Waals surface area contributed by atoms with Gasteiger partial charge in [-0.2, -0.15) is 0 Å². The molecule has 7 heteroatoms. The number of carbonyl (C=O) groups is 2. The summed E-state index contributed by atoms with van der Waals surface area (Å²) >= 11 is 3.60. The number of aryl methyl sites for hydroxylation is 1. The Kier molecular flexibility index (Phi) is 8.13. The van der Waals surface area contributed by atoms with Crippen LogP contribution in [0.1, 0.15) is 72.1 Å². The fourth-order valence-corrected chi connectivity index (χ4v) is 7.19. The van der Waals surface area contributed by atoms with E-state index in [0.29, 0.717) is 18.0 Å². The lowest BCUT2D eigenvalue weighted by Gasteiger charge is -2.47. The highest BCUT2D eigenvalue weighted by molar-refractivity contribution is 9.10. The summed E-state index contributed by atoms with van der Waals surface area (Å²) in [6.45, 7) is 2.59. The van der Waals surface area contributed by atoms with Gasteiger partial charge in [-0.15, -0.1) is 0 Å². The molecule has 1 aromatic heterocycles. The molecule has 1 aliphatic heterocycles. The Bertz CT molecular complexity index is 1610. The van der Waals surface area contributed by atoms with Gasteiger partial charge in [0.25, 0.3) is 11.8 Å². The monoisotopic (exact) mass is 627 g/mol. The molecule has 1 saturated carbocycles. The molecule has 2 amide bonds. The molecule has 1 fully saturated rings. The zero-order chi connectivity index (χ0) is 29.3. The minimum atomic E-state index is -1.27. The van der Waals surface area contributed by atoms with Crippen molar-refractivity contribution in [3.05, 3.63) is 99.7 Å². The number of fused-ring (bicyclic) bond motifs is 3. The van der Waals surface area contributed by atoms with Crippen LogP contribution in [0.2, 0.25) is 0 Å². The highest BCUT2D eigenvalue weighted by Gasteiger charge is 2.53. The smallest absolute Gasteiger partial charge is 0.272 e. The number of amides is 2. The van der Waals surface area contributed by atoms with Crippen molar-refractivity contribution in [2.45, 2.75) is 76.5 Å². The van der Waals surface area contributed by atoms with Crippen molar-refractivity contribution in [3.8, 4) is 5.75 Å². The molecule has 1 aliphatic carbocycles. The second kappa shape index (κ2) is 12.0. The molecule has 0 saturated heterocycles. The van der Waals surface area contributed by atoms with Gasteiger partial charge in [0.15, 0.2) is 5.54 Å². The lowest BCUT2D eigenvalue weighted by Crippen LogP contribution is -2.64. The van der Waals surface area contributed by atoms with Crippen LogP contribution in [-0.4, -0.2) is 34.4 Å². The predicted octanol–water partition coefficient (Wildman–Crippen LogP) is 7.50. The highest BCUT2D eigenvalue weighted by Crippen LogP contribution is 2.41. The van der Waals surface area contributed by atoms with Gasteiger partial charge in [0.2, 0.25) is 0 Å². The molecular formula is C35H38BrN3O3. The van der Waals surface area contributed by atoms with Crippen LogP contribution in [0.5, 0.6) is 5.75 Å². The Balaban J connectivity index is 1.54. The molecule has 218 valence electrons. The van der Waals surface area contributed by atoms with Gasteiger partial charge in [0.1, 0.15) is 11.4 Å². The van der Waals surface area contributed by atoms with Crippen LogP contribution < -0.4 is 10.1 Å². The summed E-state index contributed by atoms with van der Waals surface area (Å²) in [5.74, 6) is 0.380. The number of carbonyl (C=O) groups excluding carboxylic acids is 2. The van der Waals surface area contributed by atoms with E-state index in [0.717, 1.165) is 57.7 Å². The van der Waals surface area contributed by atoms with Crippen LogP contribution in [0.25, 0.3) is 10.9 Å². The van der Waals surface area contributed by atoms with E-state index in [1.807, 2.05) is 54.6 Å². The minimum absolute atomic E-state index is 0.0841. The minimum Gasteiger partial charge on any atom is -0.496 e. The third-order valence-corrected chi connectivity index (χ3v) is 9.50. The number of methoxy groups -OCH3 is 1. The lowest BCUT2D eigenvalue weighted by molar-refractivity contribution is -0.136. The van der Waals surface area contributed by atoms with Gasteiger partial charge < -0.3 is 19.5 Å². The molecule has 0 radical (unpaired) electrons. The summed E-state index contributed by atoms with van der Waals surface area (Å²) in [5, 5.41) is 4.46. The average molecular weight is 629 g/mol. The molecule has 0 spiro atoms. The standard InChI is InChI=1S/C35H38BrN3O3/c1-24-15-16-25-21-31-33(40)39(22-26-20-28(36)17-18-32(26)42-2)35(23-38(31)30(25)19-24,27-11-7-6-8-12-27)34(41)37-29-13-9-4-3-5-10-14-29/h6-8,11-12,15-21,29H,3-5,9-10,13-14,22-23H2,1-2H3,(H,37,41)/t35-/m1/s1. The van der Waals surface area contributed by atoms with Crippen LogP contribution in [-0.2, 0) is 23.4 Å². The molecule has 3 aromatic carbocycles. The summed E-state index contributed by atoms with van der Waals surface area (Å²) < 4.78 is 8.67. The van der Waals surface area contributed by atoms with Gasteiger partial charge in [-0.25, -0.2) is 0 Å². The first-order valence-corrected chi connectivity index (χ1v) is 15.8. The number of hydrogen-bond donors (Lipinski definition) is 1. The number of ether oxygens (including phenoxy) is 1. The predicted molar refractivity (Wildman–Crippen MR) is 170 cm³/mol. The van der Waals surface area contributed by atoms with Crippen molar-refractivity contribution >= 4 is 38.6 Å². The largest absolute Gasteiger partial charge is 0.496 e. The summed E-state index contributed by atoms with van der Waals surface area (Å²) in [5.41, 5.74) is 3.04. The number of nitrogens with one attached hydrogen (secondary N) is 1. The van der Waals surface area contributed by atoms with E-state index in [2.05, 4.69) is 50.9 Å². The third kappa shape index (κ3) is 5.24. The van der Waals surface area contributed by atoms with Crippen LogP contribution in [0.4, 0.5) is 0 Å². The molecule has 42 heavy (non-hydrogen) atoms. The molecule has 6 nitrogen and oxygen atoms in total. The first-order valence-electron chi connectivity index (χ1n) is 15.0. The normalized spacial score (nSPS) is 19.7. The second-order valence-corrected chi connectivity index (χ2v) is 12.7. The van der Waals surface area contributed by atoms with E-state index in [1.54, 1.807) is 12.0 Å². The molecule has 0 bridgehead atoms. The first kappa shape index (κ1) is 28.5. The van der Waals surface area contributed by atoms with Gasteiger partial charge in [-0.1, -0.05) is 90.5 Å². The number of nitrogens with zero attached hydrogens (tertiary/aromatic N) is 2. The quantitative estimate of drug-likeness (QED) is 0.241. The number of hydrogen-bond acceptors (Lipinski definition) is 3. The Hall–Kier alpha value is -3.58. The van der Waals surface area contributed by atoms with Crippen LogP contribution in [0, 0.1) is 6.92 Å². The summed E-state index contributed by atoms with van der Waals surface area (Å²) in [4.78, 5) is 31.4. The van der Waals surface area contributed by atoms with E-state index in [9.17, 15) is 9.59 Å². The molecule has 1 atom stereocenters. The van der Waals surface area contributed by atoms with Crippen LogP contribution in [0.3, 0.4) is 0 Å². The highest BCUT2D eigenvalue weighted by atomic mass is 79.9. The van der Waals surface area contributed by atoms with Gasteiger partial charge >= 0.3 is 0 Å². The van der Waals surface area contributed by atoms with Gasteiger partial charge in [-0.05, 0) is 61.2 Å². The summed E-state index contributed by atoms with van der Waals surface area (Å²) in [6, 6.07) is 23.9. The second-order valence-electron chi connectivity index (χ2n) is 11.8. The van der Waals surface area contributed by atoms with Crippen molar-refractivity contribution in [2.75, 3.05) is 7.11 Å². The van der Waals surface area contributed by atoms with E-state index in [-0.39, 0.29) is 24.4 Å². The van der Waals surface area contributed by atoms with Gasteiger partial charge in [0.05, 0.1) is 20.2 Å². The van der Waals surface area contributed by atoms with Crippen molar-refractivity contribution in [1.29, 1.82) is 0 Å². The topological polar surface area (TPSA) is 63.6 Å². The Morgan fingerprint density at radius 2 is 1.71 bits per heavy atom. The maximum atomic E-state index is 14.9. The van der Waals surface area contributed by atoms with Crippen LogP contribution >= 0.6 is 15.9 Å².